The van der Waals surface area contributed by atoms with Crippen LogP contribution in [0, 0.1) is 13.8 Å². The van der Waals surface area contributed by atoms with Crippen LogP contribution in [0.15, 0.2) is 39.5 Å². The molecule has 0 fully saturated rings. The van der Waals surface area contributed by atoms with Crippen LogP contribution in [0.5, 0.6) is 0 Å². The van der Waals surface area contributed by atoms with Crippen LogP contribution >= 0.6 is 15.9 Å². The van der Waals surface area contributed by atoms with Gasteiger partial charge in [-0.05, 0) is 37.6 Å². The number of nitrogens with zero attached hydrogens (tertiary/aromatic N) is 4. The second-order valence-corrected chi connectivity index (χ2v) is 5.61. The molecule has 0 saturated heterocycles. The summed E-state index contributed by atoms with van der Waals surface area (Å²) in [5, 5.41) is 17.9. The van der Waals surface area contributed by atoms with Crippen molar-refractivity contribution in [2.75, 3.05) is 10.6 Å². The molecule has 2 heterocycles. The monoisotopic (exact) mass is 360 g/mol. The van der Waals surface area contributed by atoms with Crippen LogP contribution in [-0.4, -0.2) is 20.3 Å². The van der Waals surface area contributed by atoms with Crippen molar-refractivity contribution in [3.8, 4) is 0 Å². The molecule has 1 aromatic carbocycles. The number of hydrogen-bond donors (Lipinski definition) is 2. The highest BCUT2D eigenvalue weighted by Crippen LogP contribution is 2.22. The third kappa shape index (κ3) is 3.40. The Morgan fingerprint density at radius 1 is 1.09 bits per heavy atom. The Morgan fingerprint density at radius 2 is 1.95 bits per heavy atom. The maximum atomic E-state index is 4.99. The number of anilines is 4. The third-order valence-corrected chi connectivity index (χ3v) is 3.37. The summed E-state index contributed by atoms with van der Waals surface area (Å²) in [5.74, 6) is 2.22. The molecule has 0 spiro atoms. The van der Waals surface area contributed by atoms with Gasteiger partial charge in [0, 0.05) is 16.2 Å². The number of aryl methyl sites for hydroxylation is 2. The first-order valence-electron chi connectivity index (χ1n) is 6.53. The molecule has 3 rings (SSSR count). The number of hydrogen-bond acceptors (Lipinski definition) is 7. The minimum atomic E-state index is 0.399. The highest BCUT2D eigenvalue weighted by Gasteiger charge is 2.06. The fourth-order valence-electron chi connectivity index (χ4n) is 1.86. The fourth-order valence-corrected chi connectivity index (χ4v) is 2.34. The van der Waals surface area contributed by atoms with Gasteiger partial charge in [0.05, 0.1) is 6.20 Å². The topological polar surface area (TPSA) is 88.8 Å². The van der Waals surface area contributed by atoms with E-state index in [0.29, 0.717) is 23.3 Å². The van der Waals surface area contributed by atoms with Crippen LogP contribution in [-0.2, 0) is 0 Å². The molecule has 2 aromatic heterocycles. The summed E-state index contributed by atoms with van der Waals surface area (Å²) in [7, 11) is 0. The molecule has 0 saturated carbocycles. The molecule has 22 heavy (non-hydrogen) atoms. The molecule has 0 radical (unpaired) electrons. The average molecular weight is 361 g/mol. The van der Waals surface area contributed by atoms with Crippen LogP contribution < -0.4 is 10.6 Å². The van der Waals surface area contributed by atoms with E-state index in [0.717, 1.165) is 15.7 Å². The zero-order valence-corrected chi connectivity index (χ0v) is 13.5. The number of benzene rings is 1. The molecular weight excluding hydrogens is 348 g/mol. The SMILES string of the molecule is Cc1cc(Nc2cnnc(Nc3ccc(Br)cc3C)n2)no1. The van der Waals surface area contributed by atoms with E-state index in [-0.39, 0.29) is 0 Å². The molecule has 0 aliphatic rings. The molecule has 3 aromatic rings. The lowest BCUT2D eigenvalue weighted by molar-refractivity contribution is 0.400. The summed E-state index contributed by atoms with van der Waals surface area (Å²) in [4.78, 5) is 4.35. The summed E-state index contributed by atoms with van der Waals surface area (Å²) in [6.07, 6.45) is 1.52. The zero-order chi connectivity index (χ0) is 15.5. The third-order valence-electron chi connectivity index (χ3n) is 2.88. The van der Waals surface area contributed by atoms with Gasteiger partial charge < -0.3 is 15.2 Å². The van der Waals surface area contributed by atoms with Gasteiger partial charge in [0.2, 0.25) is 5.95 Å². The van der Waals surface area contributed by atoms with E-state index in [9.17, 15) is 0 Å². The van der Waals surface area contributed by atoms with E-state index in [1.807, 2.05) is 32.0 Å². The van der Waals surface area contributed by atoms with Gasteiger partial charge in [0.15, 0.2) is 11.6 Å². The minimum Gasteiger partial charge on any atom is -0.360 e. The predicted octanol–water partition coefficient (Wildman–Crippen LogP) is 3.73. The van der Waals surface area contributed by atoms with E-state index < -0.39 is 0 Å². The molecule has 0 unspecified atom stereocenters. The smallest absolute Gasteiger partial charge is 0.249 e. The van der Waals surface area contributed by atoms with Gasteiger partial charge in [-0.2, -0.15) is 10.1 Å². The van der Waals surface area contributed by atoms with E-state index in [1.165, 1.54) is 6.20 Å². The van der Waals surface area contributed by atoms with Crippen molar-refractivity contribution in [2.24, 2.45) is 0 Å². The summed E-state index contributed by atoms with van der Waals surface area (Å²) in [5.41, 5.74) is 1.99. The molecule has 112 valence electrons. The molecule has 0 bridgehead atoms. The van der Waals surface area contributed by atoms with Gasteiger partial charge in [0.25, 0.3) is 0 Å². The molecule has 0 amide bonds. The summed E-state index contributed by atoms with van der Waals surface area (Å²) >= 11 is 3.44. The number of nitrogens with one attached hydrogen (secondary N) is 2. The van der Waals surface area contributed by atoms with E-state index >= 15 is 0 Å². The Bertz CT molecular complexity index is 804. The van der Waals surface area contributed by atoms with Crippen molar-refractivity contribution in [3.05, 3.63) is 46.3 Å². The van der Waals surface area contributed by atoms with Crippen LogP contribution in [0.1, 0.15) is 11.3 Å². The van der Waals surface area contributed by atoms with Gasteiger partial charge in [-0.1, -0.05) is 21.1 Å². The van der Waals surface area contributed by atoms with Crippen LogP contribution in [0.2, 0.25) is 0 Å². The molecule has 8 heteroatoms. The largest absolute Gasteiger partial charge is 0.360 e. The van der Waals surface area contributed by atoms with Crippen molar-refractivity contribution >= 4 is 39.2 Å². The molecule has 0 aliphatic carbocycles. The van der Waals surface area contributed by atoms with Crippen molar-refractivity contribution < 1.29 is 4.52 Å². The lowest BCUT2D eigenvalue weighted by atomic mass is 10.2. The van der Waals surface area contributed by atoms with Crippen molar-refractivity contribution in [2.45, 2.75) is 13.8 Å². The van der Waals surface area contributed by atoms with Crippen LogP contribution in [0.25, 0.3) is 0 Å². The Hall–Kier alpha value is -2.48. The maximum Gasteiger partial charge on any atom is 0.249 e. The lowest BCUT2D eigenvalue weighted by Crippen LogP contribution is -2.03. The van der Waals surface area contributed by atoms with Crippen LogP contribution in [0.3, 0.4) is 0 Å². The number of rotatable bonds is 4. The van der Waals surface area contributed by atoms with Gasteiger partial charge >= 0.3 is 0 Å². The van der Waals surface area contributed by atoms with Gasteiger partial charge in [-0.25, -0.2) is 0 Å². The van der Waals surface area contributed by atoms with Gasteiger partial charge in [-0.15, -0.1) is 5.10 Å². The molecular formula is C14H13BrN6O. The Balaban J connectivity index is 1.78. The fraction of sp³-hybridized carbons (Fsp3) is 0.143. The van der Waals surface area contributed by atoms with Crippen LogP contribution in [0.4, 0.5) is 23.3 Å². The Labute approximate surface area is 135 Å². The van der Waals surface area contributed by atoms with Crippen molar-refractivity contribution in [1.82, 2.24) is 20.3 Å². The van der Waals surface area contributed by atoms with Crippen molar-refractivity contribution in [1.29, 1.82) is 0 Å². The van der Waals surface area contributed by atoms with E-state index in [2.05, 4.69) is 46.9 Å². The standard InChI is InChI=1S/C14H13BrN6O/c1-8-5-10(15)3-4-11(8)17-14-19-13(7-16-20-14)18-12-6-9(2)22-21-12/h3-7H,1-2H3,(H2,17,18,19,20,21). The molecule has 0 atom stereocenters. The second kappa shape index (κ2) is 6.10. The van der Waals surface area contributed by atoms with Gasteiger partial charge in [-0.3, -0.25) is 0 Å². The average Bonchev–Trinajstić information content (AvgIpc) is 2.88. The lowest BCUT2D eigenvalue weighted by Gasteiger charge is -2.08. The highest BCUT2D eigenvalue weighted by atomic mass is 79.9. The Morgan fingerprint density at radius 3 is 2.68 bits per heavy atom. The first-order valence-corrected chi connectivity index (χ1v) is 7.33. The second-order valence-electron chi connectivity index (χ2n) is 4.70. The predicted molar refractivity (Wildman–Crippen MR) is 86.5 cm³/mol. The molecule has 7 nitrogen and oxygen atoms in total. The summed E-state index contributed by atoms with van der Waals surface area (Å²) in [6.45, 7) is 3.82. The highest BCUT2D eigenvalue weighted by molar-refractivity contribution is 9.10. The van der Waals surface area contributed by atoms with E-state index in [4.69, 9.17) is 4.52 Å². The Kier molecular flexibility index (Phi) is 4.01. The van der Waals surface area contributed by atoms with Crippen molar-refractivity contribution in [3.63, 3.8) is 0 Å². The summed E-state index contributed by atoms with van der Waals surface area (Å²) < 4.78 is 6.01. The molecule has 2 N–H and O–H groups in total. The quantitative estimate of drug-likeness (QED) is 0.732. The first kappa shape index (κ1) is 14.5. The molecule has 0 aliphatic heterocycles. The van der Waals surface area contributed by atoms with E-state index in [1.54, 1.807) is 6.07 Å². The normalized spacial score (nSPS) is 10.5. The zero-order valence-electron chi connectivity index (χ0n) is 12.0. The van der Waals surface area contributed by atoms with Gasteiger partial charge in [0.1, 0.15) is 5.76 Å². The summed E-state index contributed by atoms with van der Waals surface area (Å²) in [6, 6.07) is 7.68. The minimum absolute atomic E-state index is 0.399. The first-order chi connectivity index (χ1) is 10.6. The maximum absolute atomic E-state index is 4.99. The number of aromatic nitrogens is 4. The number of halogens is 1.